The van der Waals surface area contributed by atoms with Gasteiger partial charge in [-0.25, -0.2) is 4.39 Å². The number of hydrogen-bond donors (Lipinski definition) is 1. The predicted octanol–water partition coefficient (Wildman–Crippen LogP) is 3.36. The molecular weight excluding hydrogens is 189 g/mol. The Morgan fingerprint density at radius 2 is 2.13 bits per heavy atom. The van der Waals surface area contributed by atoms with E-state index in [0.717, 1.165) is 23.1 Å². The van der Waals surface area contributed by atoms with Crippen LogP contribution < -0.4 is 5.32 Å². The van der Waals surface area contributed by atoms with E-state index in [4.69, 9.17) is 0 Å². The maximum Gasteiger partial charge on any atom is 0.123 e. The Morgan fingerprint density at radius 3 is 2.60 bits per heavy atom. The monoisotopic (exact) mass is 207 g/mol. The highest BCUT2D eigenvalue weighted by atomic mass is 19.1. The minimum atomic E-state index is -0.174. The number of benzene rings is 1. The maximum atomic E-state index is 13.2. The van der Waals surface area contributed by atoms with Crippen LogP contribution in [0.3, 0.4) is 0 Å². The van der Waals surface area contributed by atoms with E-state index in [1.54, 1.807) is 6.07 Å². The summed E-state index contributed by atoms with van der Waals surface area (Å²) >= 11 is 0. The molecule has 0 amide bonds. The Morgan fingerprint density at radius 1 is 1.47 bits per heavy atom. The van der Waals surface area contributed by atoms with Gasteiger partial charge in [-0.3, -0.25) is 0 Å². The number of rotatable bonds is 4. The van der Waals surface area contributed by atoms with E-state index in [2.05, 4.69) is 11.9 Å². The van der Waals surface area contributed by atoms with Gasteiger partial charge in [-0.15, -0.1) is 6.58 Å². The van der Waals surface area contributed by atoms with Crippen LogP contribution in [0.2, 0.25) is 0 Å². The summed E-state index contributed by atoms with van der Waals surface area (Å²) in [5.41, 5.74) is 3.03. The second kappa shape index (κ2) is 5.08. The van der Waals surface area contributed by atoms with Gasteiger partial charge in [0.05, 0.1) is 0 Å². The molecule has 15 heavy (non-hydrogen) atoms. The van der Waals surface area contributed by atoms with E-state index in [1.165, 1.54) is 6.07 Å². The second-order valence-corrected chi connectivity index (χ2v) is 4.06. The van der Waals surface area contributed by atoms with Crippen molar-refractivity contribution in [3.8, 4) is 0 Å². The quantitative estimate of drug-likeness (QED) is 0.746. The van der Waals surface area contributed by atoms with Crippen molar-refractivity contribution in [2.24, 2.45) is 0 Å². The van der Waals surface area contributed by atoms with Crippen molar-refractivity contribution in [1.29, 1.82) is 0 Å². The average Bonchev–Trinajstić information content (AvgIpc) is 2.12. The molecular formula is C13H18FN. The summed E-state index contributed by atoms with van der Waals surface area (Å²) in [4.78, 5) is 0. The molecule has 82 valence electrons. The van der Waals surface area contributed by atoms with Crippen molar-refractivity contribution >= 4 is 0 Å². The molecule has 0 aromatic heterocycles. The molecule has 1 nitrogen and oxygen atoms in total. The molecule has 0 spiro atoms. The molecule has 0 saturated carbocycles. The fraction of sp³-hybridized carbons (Fsp3) is 0.385. The molecule has 1 aromatic carbocycles. The summed E-state index contributed by atoms with van der Waals surface area (Å²) in [5.74, 6) is -0.174. The van der Waals surface area contributed by atoms with Crippen molar-refractivity contribution < 1.29 is 4.39 Å². The maximum absolute atomic E-state index is 13.2. The van der Waals surface area contributed by atoms with Gasteiger partial charge < -0.3 is 5.32 Å². The van der Waals surface area contributed by atoms with Crippen LogP contribution in [0.15, 0.2) is 30.4 Å². The lowest BCUT2D eigenvalue weighted by Crippen LogP contribution is -2.16. The van der Waals surface area contributed by atoms with Crippen molar-refractivity contribution in [2.45, 2.75) is 26.3 Å². The molecule has 1 aromatic rings. The average molecular weight is 207 g/mol. The highest BCUT2D eigenvalue weighted by Crippen LogP contribution is 2.21. The first-order valence-corrected chi connectivity index (χ1v) is 5.11. The molecule has 1 unspecified atom stereocenters. The SMILES string of the molecule is C=C(C)CC(NC)c1cc(C)cc(F)c1. The highest BCUT2D eigenvalue weighted by molar-refractivity contribution is 5.27. The van der Waals surface area contributed by atoms with Gasteiger partial charge in [0.1, 0.15) is 5.82 Å². The summed E-state index contributed by atoms with van der Waals surface area (Å²) in [6, 6.07) is 5.28. The van der Waals surface area contributed by atoms with Gasteiger partial charge in [-0.05, 0) is 50.6 Å². The van der Waals surface area contributed by atoms with Crippen LogP contribution in [0.1, 0.15) is 30.5 Å². The first kappa shape index (κ1) is 11.9. The van der Waals surface area contributed by atoms with Crippen LogP contribution in [0.25, 0.3) is 0 Å². The standard InChI is InChI=1S/C13H18FN/c1-9(2)5-13(15-4)11-6-10(3)7-12(14)8-11/h6-8,13,15H,1,5H2,2-4H3. The lowest BCUT2D eigenvalue weighted by molar-refractivity contribution is 0.575. The third-order valence-corrected chi connectivity index (χ3v) is 2.37. The molecule has 0 bridgehead atoms. The van der Waals surface area contributed by atoms with Crippen LogP contribution in [0, 0.1) is 12.7 Å². The number of aryl methyl sites for hydroxylation is 1. The second-order valence-electron chi connectivity index (χ2n) is 4.06. The third-order valence-electron chi connectivity index (χ3n) is 2.37. The van der Waals surface area contributed by atoms with E-state index >= 15 is 0 Å². The van der Waals surface area contributed by atoms with Crippen molar-refractivity contribution in [2.75, 3.05) is 7.05 Å². The molecule has 0 aliphatic heterocycles. The summed E-state index contributed by atoms with van der Waals surface area (Å²) < 4.78 is 13.2. The van der Waals surface area contributed by atoms with Gasteiger partial charge in [0.15, 0.2) is 0 Å². The van der Waals surface area contributed by atoms with Gasteiger partial charge in [0.2, 0.25) is 0 Å². The van der Waals surface area contributed by atoms with Gasteiger partial charge >= 0.3 is 0 Å². The molecule has 2 heteroatoms. The largest absolute Gasteiger partial charge is 0.313 e. The van der Waals surface area contributed by atoms with E-state index in [9.17, 15) is 4.39 Å². The summed E-state index contributed by atoms with van der Waals surface area (Å²) in [7, 11) is 1.88. The molecule has 0 radical (unpaired) electrons. The lowest BCUT2D eigenvalue weighted by atomic mass is 9.99. The zero-order valence-corrected chi connectivity index (χ0v) is 9.60. The van der Waals surface area contributed by atoms with Crippen molar-refractivity contribution in [3.63, 3.8) is 0 Å². The third kappa shape index (κ3) is 3.48. The lowest BCUT2D eigenvalue weighted by Gasteiger charge is -2.17. The Kier molecular flexibility index (Phi) is 4.04. The fourth-order valence-electron chi connectivity index (χ4n) is 1.70. The molecule has 1 N–H and O–H groups in total. The summed E-state index contributed by atoms with van der Waals surface area (Å²) in [6.07, 6.45) is 0.833. The van der Waals surface area contributed by atoms with Crippen LogP contribution in [0.4, 0.5) is 4.39 Å². The van der Waals surface area contributed by atoms with Crippen molar-refractivity contribution in [3.05, 3.63) is 47.3 Å². The Hall–Kier alpha value is -1.15. The van der Waals surface area contributed by atoms with Crippen LogP contribution in [-0.4, -0.2) is 7.05 Å². The minimum Gasteiger partial charge on any atom is -0.313 e. The first-order valence-electron chi connectivity index (χ1n) is 5.11. The Bertz CT molecular complexity index is 337. The topological polar surface area (TPSA) is 12.0 Å². The van der Waals surface area contributed by atoms with E-state index in [1.807, 2.05) is 27.0 Å². The fourth-order valence-corrected chi connectivity index (χ4v) is 1.70. The smallest absolute Gasteiger partial charge is 0.123 e. The number of halogens is 1. The van der Waals surface area contributed by atoms with Crippen LogP contribution >= 0.6 is 0 Å². The zero-order valence-electron chi connectivity index (χ0n) is 9.60. The molecule has 0 fully saturated rings. The molecule has 0 saturated heterocycles. The van der Waals surface area contributed by atoms with Gasteiger partial charge in [0, 0.05) is 6.04 Å². The molecule has 1 rings (SSSR count). The van der Waals surface area contributed by atoms with E-state index < -0.39 is 0 Å². The van der Waals surface area contributed by atoms with Crippen LogP contribution in [0.5, 0.6) is 0 Å². The first-order chi connectivity index (χ1) is 7.02. The van der Waals surface area contributed by atoms with E-state index in [0.29, 0.717) is 0 Å². The van der Waals surface area contributed by atoms with Gasteiger partial charge in [-0.2, -0.15) is 0 Å². The van der Waals surface area contributed by atoms with Crippen LogP contribution in [-0.2, 0) is 0 Å². The molecule has 0 aliphatic rings. The predicted molar refractivity (Wildman–Crippen MR) is 62.4 cm³/mol. The van der Waals surface area contributed by atoms with Crippen molar-refractivity contribution in [1.82, 2.24) is 5.32 Å². The molecule has 0 heterocycles. The molecule has 1 atom stereocenters. The summed E-state index contributed by atoms with van der Waals surface area (Å²) in [5, 5.41) is 3.18. The zero-order chi connectivity index (χ0) is 11.4. The Labute approximate surface area is 91.0 Å². The highest BCUT2D eigenvalue weighted by Gasteiger charge is 2.10. The minimum absolute atomic E-state index is 0.150. The number of nitrogens with one attached hydrogen (secondary N) is 1. The number of hydrogen-bond acceptors (Lipinski definition) is 1. The molecule has 0 aliphatic carbocycles. The normalized spacial score (nSPS) is 12.5. The summed E-state index contributed by atoms with van der Waals surface area (Å²) in [6.45, 7) is 7.76. The van der Waals surface area contributed by atoms with Gasteiger partial charge in [-0.1, -0.05) is 11.6 Å². The van der Waals surface area contributed by atoms with Gasteiger partial charge in [0.25, 0.3) is 0 Å². The Balaban J connectivity index is 2.95. The van der Waals surface area contributed by atoms with E-state index in [-0.39, 0.29) is 11.9 Å².